The van der Waals surface area contributed by atoms with Crippen molar-refractivity contribution in [3.8, 4) is 0 Å². The van der Waals surface area contributed by atoms with Gasteiger partial charge in [0.05, 0.1) is 22.0 Å². The van der Waals surface area contributed by atoms with E-state index in [1.807, 2.05) is 0 Å². The van der Waals surface area contributed by atoms with Crippen molar-refractivity contribution in [1.82, 2.24) is 0 Å². The van der Waals surface area contributed by atoms with Crippen LogP contribution in [0.3, 0.4) is 0 Å². The SMILES string of the molecule is CCOC(=O)[C@H](OC(=O)c1ccc([N+](=O)[O-])cc1)/C(=C\c1ccccc1)[N+](=O)[O-]. The lowest BCUT2D eigenvalue weighted by Gasteiger charge is -2.14. The first-order valence-electron chi connectivity index (χ1n) is 8.36. The second kappa shape index (κ2) is 9.74. The summed E-state index contributed by atoms with van der Waals surface area (Å²) in [5.74, 6) is -2.18. The van der Waals surface area contributed by atoms with Gasteiger partial charge in [-0.1, -0.05) is 30.3 Å². The zero-order valence-electron chi connectivity index (χ0n) is 15.2. The largest absolute Gasteiger partial charge is 0.463 e. The minimum absolute atomic E-state index is 0.0826. The van der Waals surface area contributed by atoms with E-state index in [1.165, 1.54) is 6.92 Å². The molecule has 0 aromatic heterocycles. The van der Waals surface area contributed by atoms with Gasteiger partial charge in [0.25, 0.3) is 17.5 Å². The van der Waals surface area contributed by atoms with E-state index in [2.05, 4.69) is 0 Å². The first-order chi connectivity index (χ1) is 13.8. The molecule has 0 unspecified atom stereocenters. The van der Waals surface area contributed by atoms with Crippen molar-refractivity contribution in [3.05, 3.63) is 91.6 Å². The average Bonchev–Trinajstić information content (AvgIpc) is 2.71. The zero-order valence-corrected chi connectivity index (χ0v) is 15.2. The number of hydrogen-bond acceptors (Lipinski definition) is 8. The predicted octanol–water partition coefficient (Wildman–Crippen LogP) is 3.00. The van der Waals surface area contributed by atoms with E-state index in [9.17, 15) is 29.8 Å². The maximum Gasteiger partial charge on any atom is 0.358 e. The van der Waals surface area contributed by atoms with E-state index in [4.69, 9.17) is 9.47 Å². The number of non-ortho nitro benzene ring substituents is 1. The number of nitrogens with zero attached hydrogens (tertiary/aromatic N) is 2. The summed E-state index contributed by atoms with van der Waals surface area (Å²) in [7, 11) is 0. The Morgan fingerprint density at radius 2 is 1.66 bits per heavy atom. The van der Waals surface area contributed by atoms with E-state index in [1.54, 1.807) is 30.3 Å². The number of benzene rings is 2. The molecule has 0 saturated carbocycles. The number of hydrogen-bond donors (Lipinski definition) is 0. The molecule has 0 aliphatic rings. The number of carbonyl (C=O) groups is 2. The lowest BCUT2D eigenvalue weighted by molar-refractivity contribution is -0.432. The third-order valence-electron chi connectivity index (χ3n) is 3.63. The van der Waals surface area contributed by atoms with Gasteiger partial charge in [-0.3, -0.25) is 20.2 Å². The van der Waals surface area contributed by atoms with E-state index in [0.29, 0.717) is 5.56 Å². The van der Waals surface area contributed by atoms with Crippen LogP contribution >= 0.6 is 0 Å². The van der Waals surface area contributed by atoms with E-state index < -0.39 is 33.6 Å². The molecular formula is C19H16N2O8. The fraction of sp³-hybridized carbons (Fsp3) is 0.158. The maximum atomic E-state index is 12.4. The Morgan fingerprint density at radius 1 is 1.03 bits per heavy atom. The standard InChI is InChI=1S/C19H16N2O8/c1-2-28-19(23)17(16(21(26)27)12-13-6-4-3-5-7-13)29-18(22)14-8-10-15(11-9-14)20(24)25/h3-12,17H,2H2,1H3/b16-12+/t17-/m1/s1. The average molecular weight is 400 g/mol. The topological polar surface area (TPSA) is 139 Å². The second-order valence-corrected chi connectivity index (χ2v) is 5.58. The van der Waals surface area contributed by atoms with Crippen molar-refractivity contribution in [2.45, 2.75) is 13.0 Å². The lowest BCUT2D eigenvalue weighted by atomic mass is 10.1. The van der Waals surface area contributed by atoms with Gasteiger partial charge in [-0.15, -0.1) is 0 Å². The Bertz CT molecular complexity index is 938. The van der Waals surface area contributed by atoms with E-state index in [0.717, 1.165) is 30.3 Å². The van der Waals surface area contributed by atoms with Crippen molar-refractivity contribution in [2.24, 2.45) is 0 Å². The molecule has 2 aromatic rings. The molecule has 29 heavy (non-hydrogen) atoms. The molecule has 0 saturated heterocycles. The molecule has 0 bridgehead atoms. The fourth-order valence-corrected chi connectivity index (χ4v) is 2.29. The van der Waals surface area contributed by atoms with Crippen molar-refractivity contribution in [3.63, 3.8) is 0 Å². The van der Waals surface area contributed by atoms with Crippen LogP contribution in [0.5, 0.6) is 0 Å². The molecule has 2 rings (SSSR count). The quantitative estimate of drug-likeness (QED) is 0.374. The van der Waals surface area contributed by atoms with Gasteiger partial charge in [0, 0.05) is 18.2 Å². The third-order valence-corrected chi connectivity index (χ3v) is 3.63. The maximum absolute atomic E-state index is 12.4. The third kappa shape index (κ3) is 5.70. The van der Waals surface area contributed by atoms with E-state index >= 15 is 0 Å². The van der Waals surface area contributed by atoms with Gasteiger partial charge in [-0.05, 0) is 24.6 Å². The van der Waals surface area contributed by atoms with Crippen LogP contribution in [0.1, 0.15) is 22.8 Å². The van der Waals surface area contributed by atoms with Crippen LogP contribution in [0, 0.1) is 20.2 Å². The highest BCUT2D eigenvalue weighted by Crippen LogP contribution is 2.19. The molecule has 0 aliphatic carbocycles. The van der Waals surface area contributed by atoms with E-state index in [-0.39, 0.29) is 17.9 Å². The van der Waals surface area contributed by atoms with Crippen molar-refractivity contribution >= 4 is 23.7 Å². The van der Waals surface area contributed by atoms with Crippen LogP contribution in [0.25, 0.3) is 6.08 Å². The fourth-order valence-electron chi connectivity index (χ4n) is 2.29. The summed E-state index contributed by atoms with van der Waals surface area (Å²) in [4.78, 5) is 45.4. The van der Waals surface area contributed by atoms with Gasteiger partial charge in [0.15, 0.2) is 0 Å². The van der Waals surface area contributed by atoms with Crippen LogP contribution in [0.4, 0.5) is 5.69 Å². The molecule has 150 valence electrons. The smallest absolute Gasteiger partial charge is 0.358 e. The second-order valence-electron chi connectivity index (χ2n) is 5.58. The van der Waals surface area contributed by atoms with Gasteiger partial charge in [0.1, 0.15) is 0 Å². The number of ether oxygens (including phenoxy) is 2. The molecule has 0 heterocycles. The van der Waals surface area contributed by atoms with Gasteiger partial charge in [0.2, 0.25) is 0 Å². The predicted molar refractivity (Wildman–Crippen MR) is 100 cm³/mol. The van der Waals surface area contributed by atoms with Crippen LogP contribution < -0.4 is 0 Å². The molecule has 10 nitrogen and oxygen atoms in total. The summed E-state index contributed by atoms with van der Waals surface area (Å²) in [6.45, 7) is 1.42. The normalized spacial score (nSPS) is 12.0. The Morgan fingerprint density at radius 3 is 2.17 bits per heavy atom. The molecule has 0 aliphatic heterocycles. The highest BCUT2D eigenvalue weighted by molar-refractivity contribution is 5.92. The van der Waals surface area contributed by atoms with Crippen molar-refractivity contribution in [1.29, 1.82) is 0 Å². The molecule has 0 amide bonds. The molecule has 0 spiro atoms. The van der Waals surface area contributed by atoms with Gasteiger partial charge in [-0.2, -0.15) is 0 Å². The minimum atomic E-state index is -1.92. The summed E-state index contributed by atoms with van der Waals surface area (Å²) >= 11 is 0. The zero-order chi connectivity index (χ0) is 21.4. The van der Waals surface area contributed by atoms with Crippen LogP contribution in [0.15, 0.2) is 60.3 Å². The summed E-state index contributed by atoms with van der Waals surface area (Å²) in [6.07, 6.45) is -0.821. The highest BCUT2D eigenvalue weighted by Gasteiger charge is 2.37. The van der Waals surface area contributed by atoms with Gasteiger partial charge in [-0.25, -0.2) is 9.59 Å². The molecule has 0 radical (unpaired) electrons. The monoisotopic (exact) mass is 400 g/mol. The van der Waals surface area contributed by atoms with Crippen LogP contribution in [-0.4, -0.2) is 34.5 Å². The Balaban J connectivity index is 2.36. The number of nitro benzene ring substituents is 1. The Kier molecular flexibility index (Phi) is 7.13. The summed E-state index contributed by atoms with van der Waals surface area (Å²) in [5, 5.41) is 22.3. The first kappa shape index (κ1) is 21.2. The summed E-state index contributed by atoms with van der Waals surface area (Å²) < 4.78 is 9.86. The Hall–Kier alpha value is -4.08. The summed E-state index contributed by atoms with van der Waals surface area (Å²) in [5.41, 5.74) is -0.643. The van der Waals surface area contributed by atoms with Crippen molar-refractivity contribution < 1.29 is 28.9 Å². The molecular weight excluding hydrogens is 384 g/mol. The molecule has 0 fully saturated rings. The lowest BCUT2D eigenvalue weighted by Crippen LogP contribution is -2.34. The molecule has 10 heteroatoms. The van der Waals surface area contributed by atoms with Gasteiger partial charge >= 0.3 is 11.9 Å². The van der Waals surface area contributed by atoms with Crippen LogP contribution in [0.2, 0.25) is 0 Å². The number of nitro groups is 2. The Labute approximate surface area is 164 Å². The molecule has 0 N–H and O–H groups in total. The van der Waals surface area contributed by atoms with Crippen molar-refractivity contribution in [2.75, 3.05) is 6.61 Å². The number of esters is 2. The number of carbonyl (C=O) groups excluding carboxylic acids is 2. The molecule has 1 atom stereocenters. The van der Waals surface area contributed by atoms with Crippen LogP contribution in [-0.2, 0) is 14.3 Å². The molecule has 2 aromatic carbocycles. The minimum Gasteiger partial charge on any atom is -0.463 e. The van der Waals surface area contributed by atoms with Gasteiger partial charge < -0.3 is 9.47 Å². The number of rotatable bonds is 8. The highest BCUT2D eigenvalue weighted by atomic mass is 16.6. The first-order valence-corrected chi connectivity index (χ1v) is 8.36. The summed E-state index contributed by atoms with van der Waals surface area (Å²) in [6, 6.07) is 12.5.